The summed E-state index contributed by atoms with van der Waals surface area (Å²) in [7, 11) is 3.05. The summed E-state index contributed by atoms with van der Waals surface area (Å²) in [6.45, 7) is 0. The molecular weight excluding hydrogens is 653 g/mol. The number of anilines is 2. The minimum absolute atomic E-state index is 0.0306. The molecule has 6 aromatic rings. The molecule has 0 aliphatic rings. The van der Waals surface area contributed by atoms with Gasteiger partial charge < -0.3 is 29.8 Å². The molecule has 0 unspecified atom stereocenters. The van der Waals surface area contributed by atoms with Crippen molar-refractivity contribution in [1.82, 2.24) is 10.3 Å². The molecule has 1 heterocycles. The first-order valence-corrected chi connectivity index (χ1v) is 16.5. The van der Waals surface area contributed by atoms with Gasteiger partial charge in [0.2, 0.25) is 11.8 Å². The number of nitrogens with one attached hydrogen (secondary N) is 3. The van der Waals surface area contributed by atoms with E-state index in [-0.39, 0.29) is 17.4 Å². The number of para-hydroxylation sites is 2. The summed E-state index contributed by atoms with van der Waals surface area (Å²) in [6, 6.07) is 35.7. The zero-order chi connectivity index (χ0) is 34.9. The highest BCUT2D eigenvalue weighted by molar-refractivity contribution is 8.00. The van der Waals surface area contributed by atoms with Gasteiger partial charge in [-0.3, -0.25) is 14.4 Å². The second kappa shape index (κ2) is 15.7. The number of nitrogens with zero attached hydrogens (tertiary/aromatic N) is 1. The van der Waals surface area contributed by atoms with E-state index in [0.29, 0.717) is 45.5 Å². The molecule has 0 aliphatic heterocycles. The van der Waals surface area contributed by atoms with Gasteiger partial charge in [0, 0.05) is 27.4 Å². The van der Waals surface area contributed by atoms with Crippen molar-refractivity contribution in [2.45, 2.75) is 4.90 Å². The Morgan fingerprint density at radius 3 is 2.16 bits per heavy atom. The SMILES string of the molecule is COc1ccc(/C=C(\NC(=O)c2ccccc2)C(=O)Nc2ccc(SCC(=O)Nc3ccc(-c4nc5ccccc5o4)cc3)cc2)cc1OC. The molecule has 0 aliphatic carbocycles. The van der Waals surface area contributed by atoms with E-state index in [4.69, 9.17) is 13.9 Å². The number of carbonyl (C=O) groups excluding carboxylic acids is 3. The lowest BCUT2D eigenvalue weighted by molar-refractivity contribution is -0.114. The average molecular weight is 685 g/mol. The first-order chi connectivity index (χ1) is 24.4. The maximum atomic E-state index is 13.5. The number of benzene rings is 5. The smallest absolute Gasteiger partial charge is 0.272 e. The standard InChI is InChI=1S/C39H32N4O6S/c1-47-34-21-12-25(23-35(34)48-2)22-32(42-37(45)26-8-4-3-5-9-26)38(46)41-29-17-19-30(20-18-29)50-24-36(44)40-28-15-13-27(14-16-28)39-43-31-10-6-7-11-33(31)49-39/h3-23H,24H2,1-2H3,(H,40,44)(H,41,46)(H,42,45)/b32-22-. The van der Waals surface area contributed by atoms with Crippen LogP contribution >= 0.6 is 11.8 Å². The molecule has 3 amide bonds. The third-order valence-corrected chi connectivity index (χ3v) is 8.45. The Bertz CT molecular complexity index is 2130. The molecule has 1 aromatic heterocycles. The fourth-order valence-electron chi connectivity index (χ4n) is 4.92. The van der Waals surface area contributed by atoms with Gasteiger partial charge in [-0.2, -0.15) is 0 Å². The van der Waals surface area contributed by atoms with Gasteiger partial charge >= 0.3 is 0 Å². The van der Waals surface area contributed by atoms with Crippen molar-refractivity contribution in [3.8, 4) is 23.0 Å². The fraction of sp³-hybridized carbons (Fsp3) is 0.0769. The van der Waals surface area contributed by atoms with Crippen molar-refractivity contribution in [3.63, 3.8) is 0 Å². The number of thioether (sulfide) groups is 1. The van der Waals surface area contributed by atoms with E-state index in [1.807, 2.05) is 48.5 Å². The van der Waals surface area contributed by atoms with Crippen molar-refractivity contribution in [1.29, 1.82) is 0 Å². The van der Waals surface area contributed by atoms with Crippen molar-refractivity contribution in [2.24, 2.45) is 0 Å². The Balaban J connectivity index is 1.06. The molecule has 0 fully saturated rings. The van der Waals surface area contributed by atoms with Crippen LogP contribution in [0, 0.1) is 0 Å². The molecule has 0 atom stereocenters. The monoisotopic (exact) mass is 684 g/mol. The highest BCUT2D eigenvalue weighted by Gasteiger charge is 2.16. The van der Waals surface area contributed by atoms with Crippen molar-refractivity contribution in [3.05, 3.63) is 138 Å². The third-order valence-electron chi connectivity index (χ3n) is 7.44. The lowest BCUT2D eigenvalue weighted by Crippen LogP contribution is -2.30. The number of aromatic nitrogens is 1. The summed E-state index contributed by atoms with van der Waals surface area (Å²) in [4.78, 5) is 44.5. The maximum Gasteiger partial charge on any atom is 0.272 e. The molecule has 0 spiro atoms. The molecular formula is C39H32N4O6S. The lowest BCUT2D eigenvalue weighted by atomic mass is 10.1. The zero-order valence-electron chi connectivity index (χ0n) is 27.1. The van der Waals surface area contributed by atoms with Crippen molar-refractivity contribution in [2.75, 3.05) is 30.6 Å². The molecule has 6 rings (SSSR count). The number of amides is 3. The van der Waals surface area contributed by atoms with Gasteiger partial charge in [-0.05, 0) is 96.6 Å². The van der Waals surface area contributed by atoms with Gasteiger partial charge in [-0.25, -0.2) is 4.98 Å². The molecule has 0 bridgehead atoms. The van der Waals surface area contributed by atoms with Crippen LogP contribution in [0.15, 0.2) is 136 Å². The highest BCUT2D eigenvalue weighted by atomic mass is 32.2. The fourth-order valence-corrected chi connectivity index (χ4v) is 5.62. The quantitative estimate of drug-likeness (QED) is 0.0885. The molecule has 5 aromatic carbocycles. The van der Waals surface area contributed by atoms with Crippen LogP contribution in [0.25, 0.3) is 28.6 Å². The van der Waals surface area contributed by atoms with Crippen LogP contribution in [-0.4, -0.2) is 42.7 Å². The largest absolute Gasteiger partial charge is 0.493 e. The zero-order valence-corrected chi connectivity index (χ0v) is 28.0. The summed E-state index contributed by atoms with van der Waals surface area (Å²) in [6.07, 6.45) is 1.56. The first kappa shape index (κ1) is 33.6. The molecule has 0 saturated heterocycles. The molecule has 0 radical (unpaired) electrons. The van der Waals surface area contributed by atoms with Gasteiger partial charge in [-0.1, -0.05) is 36.4 Å². The highest BCUT2D eigenvalue weighted by Crippen LogP contribution is 2.29. The normalized spacial score (nSPS) is 11.1. The number of carbonyl (C=O) groups is 3. The minimum atomic E-state index is -0.522. The Labute approximate surface area is 292 Å². The lowest BCUT2D eigenvalue weighted by Gasteiger charge is -2.13. The number of fused-ring (bicyclic) bond motifs is 1. The van der Waals surface area contributed by atoms with Crippen LogP contribution in [0.5, 0.6) is 11.5 Å². The summed E-state index contributed by atoms with van der Waals surface area (Å²) in [5.74, 6) is 0.588. The molecule has 10 nitrogen and oxygen atoms in total. The van der Waals surface area contributed by atoms with Crippen LogP contribution in [-0.2, 0) is 9.59 Å². The summed E-state index contributed by atoms with van der Waals surface area (Å²) in [5, 5.41) is 8.48. The second-order valence-corrected chi connectivity index (χ2v) is 11.9. The molecule has 11 heteroatoms. The Morgan fingerprint density at radius 2 is 1.44 bits per heavy atom. The average Bonchev–Trinajstić information content (AvgIpc) is 3.59. The van der Waals surface area contributed by atoms with E-state index < -0.39 is 11.8 Å². The van der Waals surface area contributed by atoms with Crippen LogP contribution in [0.2, 0.25) is 0 Å². The molecule has 0 saturated carbocycles. The number of ether oxygens (including phenoxy) is 2. The van der Waals surface area contributed by atoms with E-state index in [1.165, 1.54) is 26.0 Å². The number of rotatable bonds is 12. The van der Waals surface area contributed by atoms with Gasteiger partial charge in [0.05, 0.1) is 20.0 Å². The minimum Gasteiger partial charge on any atom is -0.493 e. The molecule has 250 valence electrons. The Hall–Kier alpha value is -6.33. The summed E-state index contributed by atoms with van der Waals surface area (Å²) >= 11 is 1.36. The number of hydrogen-bond acceptors (Lipinski definition) is 8. The van der Waals surface area contributed by atoms with Crippen LogP contribution in [0.3, 0.4) is 0 Å². The van der Waals surface area contributed by atoms with E-state index >= 15 is 0 Å². The summed E-state index contributed by atoms with van der Waals surface area (Å²) in [5.41, 5.74) is 4.52. The van der Waals surface area contributed by atoms with Gasteiger partial charge in [0.15, 0.2) is 17.1 Å². The van der Waals surface area contributed by atoms with E-state index in [2.05, 4.69) is 20.9 Å². The molecule has 3 N–H and O–H groups in total. The number of hydrogen-bond donors (Lipinski definition) is 3. The molecule has 50 heavy (non-hydrogen) atoms. The number of oxazole rings is 1. The number of methoxy groups -OCH3 is 2. The predicted octanol–water partition coefficient (Wildman–Crippen LogP) is 7.65. The second-order valence-electron chi connectivity index (χ2n) is 10.9. The Morgan fingerprint density at radius 1 is 0.760 bits per heavy atom. The Kier molecular flexibility index (Phi) is 10.5. The van der Waals surface area contributed by atoms with E-state index in [1.54, 1.807) is 78.9 Å². The van der Waals surface area contributed by atoms with Crippen molar-refractivity contribution < 1.29 is 28.3 Å². The summed E-state index contributed by atoms with van der Waals surface area (Å²) < 4.78 is 16.5. The van der Waals surface area contributed by atoms with Gasteiger partial charge in [0.1, 0.15) is 11.2 Å². The van der Waals surface area contributed by atoms with Crippen molar-refractivity contribution >= 4 is 58.0 Å². The van der Waals surface area contributed by atoms with Crippen LogP contribution < -0.4 is 25.4 Å². The van der Waals surface area contributed by atoms with Crippen LogP contribution in [0.1, 0.15) is 15.9 Å². The van der Waals surface area contributed by atoms with E-state index in [9.17, 15) is 14.4 Å². The van der Waals surface area contributed by atoms with Gasteiger partial charge in [0.25, 0.3) is 11.8 Å². The van der Waals surface area contributed by atoms with E-state index in [0.717, 1.165) is 16.0 Å². The predicted molar refractivity (Wildman–Crippen MR) is 195 cm³/mol. The van der Waals surface area contributed by atoms with Gasteiger partial charge in [-0.15, -0.1) is 11.8 Å². The first-order valence-electron chi connectivity index (χ1n) is 15.5. The third kappa shape index (κ3) is 8.38. The topological polar surface area (TPSA) is 132 Å². The van der Waals surface area contributed by atoms with Crippen LogP contribution in [0.4, 0.5) is 11.4 Å². The maximum absolute atomic E-state index is 13.5.